The van der Waals surface area contributed by atoms with Crippen molar-refractivity contribution in [1.82, 2.24) is 5.43 Å². The average molecular weight is 426 g/mol. The van der Waals surface area contributed by atoms with Crippen molar-refractivity contribution in [2.45, 2.75) is 43.2 Å². The predicted octanol–water partition coefficient (Wildman–Crippen LogP) is 3.67. The van der Waals surface area contributed by atoms with Crippen molar-refractivity contribution in [3.05, 3.63) is 39.5 Å². The Morgan fingerprint density at radius 3 is 2.41 bits per heavy atom. The number of hydrogen-bond donors (Lipinski definition) is 4. The molecule has 0 aliphatic heterocycles. The smallest absolute Gasteiger partial charge is 0.476 e. The Balaban J connectivity index is 2.02. The first-order valence-corrected chi connectivity index (χ1v) is 9.27. The maximum absolute atomic E-state index is 12.4. The number of aliphatic carboxylic acids is 1. The fraction of sp³-hybridized carbons (Fsp3) is 0.438. The molecule has 2 rings (SSSR count). The number of ether oxygens (including phenoxy) is 1. The van der Waals surface area contributed by atoms with Crippen LogP contribution in [0.5, 0.6) is 5.75 Å². The van der Waals surface area contributed by atoms with Gasteiger partial charge in [-0.05, 0) is 55.4 Å². The number of hydrazine groups is 1. The molecule has 0 unspecified atom stereocenters. The Labute approximate surface area is 163 Å². The predicted molar refractivity (Wildman–Crippen MR) is 96.9 cm³/mol. The summed E-state index contributed by atoms with van der Waals surface area (Å²) in [7, 11) is 0. The summed E-state index contributed by atoms with van der Waals surface area (Å²) < 4.78 is 41.3. The summed E-state index contributed by atoms with van der Waals surface area (Å²) in [4.78, 5) is 11.0. The normalized spacial score (nSPS) is 21.4. The molecule has 1 fully saturated rings. The second kappa shape index (κ2) is 8.94. The molecular weight excluding hydrogens is 407 g/mol. The summed E-state index contributed by atoms with van der Waals surface area (Å²) in [6, 6.07) is 4.11. The van der Waals surface area contributed by atoms with Crippen LogP contribution in [0.4, 0.5) is 13.2 Å². The molecule has 11 heteroatoms. The zero-order valence-electron chi connectivity index (χ0n) is 14.1. The lowest BCUT2D eigenvalue weighted by Gasteiger charge is -2.29. The van der Waals surface area contributed by atoms with Crippen LogP contribution in [0.1, 0.15) is 37.2 Å². The average Bonchev–Trinajstić information content (AvgIpc) is 2.53. The van der Waals surface area contributed by atoms with Crippen LogP contribution < -0.4 is 21.7 Å². The number of carboxylic acids is 1. The van der Waals surface area contributed by atoms with Gasteiger partial charge < -0.3 is 21.0 Å². The molecule has 0 bridgehead atoms. The highest BCUT2D eigenvalue weighted by Crippen LogP contribution is 2.41. The van der Waals surface area contributed by atoms with Gasteiger partial charge in [-0.2, -0.15) is 0 Å². The lowest BCUT2D eigenvalue weighted by molar-refractivity contribution is -0.274. The second-order valence-electron chi connectivity index (χ2n) is 6.05. The van der Waals surface area contributed by atoms with Crippen molar-refractivity contribution in [1.29, 1.82) is 0 Å². The van der Waals surface area contributed by atoms with Crippen LogP contribution in [-0.4, -0.2) is 22.7 Å². The molecule has 0 heterocycles. The second-order valence-corrected chi connectivity index (χ2v) is 7.83. The van der Waals surface area contributed by atoms with E-state index in [9.17, 15) is 18.0 Å². The first kappa shape index (κ1) is 21.5. The van der Waals surface area contributed by atoms with Crippen LogP contribution in [0.15, 0.2) is 28.9 Å². The third-order valence-electron chi connectivity index (χ3n) is 4.17. The molecule has 1 aliphatic carbocycles. The number of rotatable bonds is 6. The van der Waals surface area contributed by atoms with Crippen LogP contribution in [-0.2, 0) is 4.79 Å². The molecule has 0 amide bonds. The lowest BCUT2D eigenvalue weighted by atomic mass is 9.84. The van der Waals surface area contributed by atoms with E-state index < -0.39 is 12.3 Å². The molecule has 1 aromatic rings. The maximum Gasteiger partial charge on any atom is 0.573 e. The molecule has 0 spiro atoms. The van der Waals surface area contributed by atoms with Crippen molar-refractivity contribution in [2.75, 3.05) is 0 Å². The Hall–Kier alpha value is -1.78. The van der Waals surface area contributed by atoms with Crippen LogP contribution in [0, 0.1) is 0 Å². The quantitative estimate of drug-likeness (QED) is 0.312. The van der Waals surface area contributed by atoms with Gasteiger partial charge in [0.25, 0.3) is 0 Å². The molecule has 150 valence electrons. The molecule has 0 aromatic heterocycles. The van der Waals surface area contributed by atoms with E-state index in [1.54, 1.807) is 6.07 Å². The molecule has 6 N–H and O–H groups in total. The van der Waals surface area contributed by atoms with Gasteiger partial charge in [0, 0.05) is 10.3 Å². The summed E-state index contributed by atoms with van der Waals surface area (Å²) >= 11 is 7.16. The van der Waals surface area contributed by atoms with Gasteiger partial charge in [-0.3, -0.25) is 5.84 Å². The number of thioether (sulfide) groups is 1. The Morgan fingerprint density at radius 2 is 1.89 bits per heavy atom. The highest BCUT2D eigenvalue weighted by molar-refractivity contribution is 8.03. The number of halogens is 4. The minimum atomic E-state index is -4.78. The van der Waals surface area contributed by atoms with Crippen molar-refractivity contribution in [2.24, 2.45) is 11.6 Å². The molecule has 0 saturated heterocycles. The van der Waals surface area contributed by atoms with Crippen LogP contribution in [0.25, 0.3) is 0 Å². The monoisotopic (exact) mass is 425 g/mol. The van der Waals surface area contributed by atoms with Gasteiger partial charge in [-0.15, -0.1) is 24.9 Å². The molecular formula is C16H19ClF3N3O3S. The third-order valence-corrected chi connectivity index (χ3v) is 5.65. The summed E-state index contributed by atoms with van der Waals surface area (Å²) in [5, 5.41) is 9.36. The van der Waals surface area contributed by atoms with Crippen LogP contribution in [0.3, 0.4) is 0 Å². The minimum absolute atomic E-state index is 0.0351. The fourth-order valence-electron chi connectivity index (χ4n) is 3.00. The molecule has 1 saturated carbocycles. The summed E-state index contributed by atoms with van der Waals surface area (Å²) in [5.74, 6) is 3.62. The number of carbonyl (C=O) groups is 1. The van der Waals surface area contributed by atoms with Gasteiger partial charge in [-0.1, -0.05) is 11.6 Å². The van der Waals surface area contributed by atoms with E-state index in [-0.39, 0.29) is 32.7 Å². The minimum Gasteiger partial charge on any atom is -0.476 e. The number of hydrogen-bond acceptors (Lipinski definition) is 6. The van der Waals surface area contributed by atoms with Gasteiger partial charge in [0.2, 0.25) is 0 Å². The van der Waals surface area contributed by atoms with E-state index in [1.165, 1.54) is 17.8 Å². The van der Waals surface area contributed by atoms with Gasteiger partial charge in [0.05, 0.1) is 5.03 Å². The zero-order valence-corrected chi connectivity index (χ0v) is 15.6. The topological polar surface area (TPSA) is 111 Å². The van der Waals surface area contributed by atoms with Crippen LogP contribution in [0.2, 0.25) is 5.02 Å². The number of carboxylic acid groups (broad SMARTS) is 1. The fourth-order valence-corrected chi connectivity index (χ4v) is 4.37. The third kappa shape index (κ3) is 6.40. The van der Waals surface area contributed by atoms with E-state index >= 15 is 0 Å². The first-order valence-electron chi connectivity index (χ1n) is 8.01. The summed E-state index contributed by atoms with van der Waals surface area (Å²) in [5.41, 5.74) is 8.28. The molecule has 0 radical (unpaired) electrons. The van der Waals surface area contributed by atoms with Crippen molar-refractivity contribution < 1.29 is 27.8 Å². The van der Waals surface area contributed by atoms with Crippen molar-refractivity contribution in [3.63, 3.8) is 0 Å². The van der Waals surface area contributed by atoms with E-state index in [0.29, 0.717) is 18.4 Å². The molecule has 1 aromatic carbocycles. The molecule has 27 heavy (non-hydrogen) atoms. The molecule has 1 aliphatic rings. The van der Waals surface area contributed by atoms with Crippen LogP contribution >= 0.6 is 23.4 Å². The van der Waals surface area contributed by atoms with Gasteiger partial charge in [-0.25, -0.2) is 4.79 Å². The van der Waals surface area contributed by atoms with Crippen molar-refractivity contribution in [3.8, 4) is 5.75 Å². The molecule has 6 nitrogen and oxygen atoms in total. The lowest BCUT2D eigenvalue weighted by Crippen LogP contribution is -2.30. The highest BCUT2D eigenvalue weighted by Gasteiger charge is 2.32. The standard InChI is InChI=1S/C16H19ClF3N3O3S/c17-10-5-9(6-11(7-10)26-16(18,19)20)8-1-3-12(4-2-8)27-14(21)13(23-22)15(24)25/h5-8,12,23H,1-4,21-22H2,(H,24,25)/b14-13+. The van der Waals surface area contributed by atoms with Gasteiger partial charge >= 0.3 is 12.3 Å². The number of benzene rings is 1. The Bertz CT molecular complexity index is 723. The summed E-state index contributed by atoms with van der Waals surface area (Å²) in [6.45, 7) is 0. The first-order chi connectivity index (χ1) is 12.6. The van der Waals surface area contributed by atoms with Gasteiger partial charge in [0.15, 0.2) is 5.70 Å². The number of nitrogens with two attached hydrogens (primary N) is 2. The van der Waals surface area contributed by atoms with E-state index in [2.05, 4.69) is 10.2 Å². The Morgan fingerprint density at radius 1 is 1.26 bits per heavy atom. The maximum atomic E-state index is 12.4. The largest absolute Gasteiger partial charge is 0.573 e. The Kier molecular flexibility index (Phi) is 7.12. The zero-order chi connectivity index (χ0) is 20.2. The highest BCUT2D eigenvalue weighted by atomic mass is 35.5. The number of alkyl halides is 3. The molecule has 0 atom stereocenters. The van der Waals surface area contributed by atoms with Gasteiger partial charge in [0.1, 0.15) is 5.75 Å². The van der Waals surface area contributed by atoms with E-state index in [1.807, 2.05) is 0 Å². The van der Waals surface area contributed by atoms with E-state index in [4.69, 9.17) is 28.3 Å². The SMILES string of the molecule is NN/C(C(=O)O)=C(\N)SC1CCC(c2cc(Cl)cc(OC(F)(F)F)c2)CC1. The van der Waals surface area contributed by atoms with E-state index in [0.717, 1.165) is 18.9 Å². The number of nitrogens with one attached hydrogen (secondary N) is 1. The summed E-state index contributed by atoms with van der Waals surface area (Å²) in [6.07, 6.45) is -1.94. The van der Waals surface area contributed by atoms with Crippen molar-refractivity contribution >= 4 is 29.3 Å².